The Balaban J connectivity index is 1.59. The molecule has 3 rings (SSSR count). The number of halogens is 2. The zero-order valence-electron chi connectivity index (χ0n) is 19.1. The first-order valence-electron chi connectivity index (χ1n) is 11.2. The lowest BCUT2D eigenvalue weighted by Crippen LogP contribution is -2.72. The number of esters is 1. The smallest absolute Gasteiger partial charge is 0.333 e. The van der Waals surface area contributed by atoms with Gasteiger partial charge in [-0.3, -0.25) is 24.5 Å². The van der Waals surface area contributed by atoms with Crippen molar-refractivity contribution in [3.63, 3.8) is 0 Å². The second-order valence-corrected chi connectivity index (χ2v) is 9.25. The van der Waals surface area contributed by atoms with Crippen molar-refractivity contribution in [2.45, 2.75) is 56.0 Å². The molecule has 3 atom stereocenters. The van der Waals surface area contributed by atoms with Crippen LogP contribution in [0.15, 0.2) is 36.4 Å². The Bertz CT molecular complexity index is 1030. The zero-order chi connectivity index (χ0) is 26.4. The molecule has 1 N–H and O–H groups in total. The third kappa shape index (κ3) is 6.14. The van der Waals surface area contributed by atoms with Crippen molar-refractivity contribution in [3.05, 3.63) is 52.1 Å². The zero-order valence-corrected chi connectivity index (χ0v) is 20.7. The summed E-state index contributed by atoms with van der Waals surface area (Å²) >= 11 is 12.3. The number of hydrogen-bond donors (Lipinski definition) is 1. The lowest BCUT2D eigenvalue weighted by molar-refractivity contribution is -0.384. The summed E-state index contributed by atoms with van der Waals surface area (Å²) < 4.78 is 10.2. The van der Waals surface area contributed by atoms with Crippen LogP contribution in [-0.2, 0) is 35.3 Å². The van der Waals surface area contributed by atoms with Gasteiger partial charge in [0.1, 0.15) is 24.3 Å². The average Bonchev–Trinajstić information content (AvgIpc) is 2.89. The number of likely N-dealkylation sites (tertiary alicyclic amines) is 1. The largest absolute Gasteiger partial charge is 0.465 e. The Hall–Kier alpha value is -3.18. The van der Waals surface area contributed by atoms with Gasteiger partial charge < -0.3 is 19.7 Å². The minimum absolute atomic E-state index is 0.106. The topological polar surface area (TPSA) is 145 Å². The van der Waals surface area contributed by atoms with Crippen LogP contribution in [0.3, 0.4) is 0 Å². The molecular weight excluding hydrogens is 517 g/mol. The predicted octanol–water partition coefficient (Wildman–Crippen LogP) is 2.43. The second-order valence-electron chi connectivity index (χ2n) is 8.54. The summed E-state index contributed by atoms with van der Waals surface area (Å²) in [5, 5.41) is 13.4. The molecule has 0 spiro atoms. The van der Waals surface area contributed by atoms with Crippen LogP contribution >= 0.6 is 23.2 Å². The van der Waals surface area contributed by atoms with Crippen LogP contribution in [0, 0.1) is 16.0 Å². The number of amides is 2. The Morgan fingerprint density at radius 3 is 2.42 bits per heavy atom. The van der Waals surface area contributed by atoms with Crippen LogP contribution in [-0.4, -0.2) is 63.6 Å². The van der Waals surface area contributed by atoms with E-state index in [9.17, 15) is 29.3 Å². The van der Waals surface area contributed by atoms with Gasteiger partial charge in [0.05, 0.1) is 4.92 Å². The number of ether oxygens (including phenoxy) is 2. The van der Waals surface area contributed by atoms with E-state index in [2.05, 4.69) is 11.9 Å². The molecule has 194 valence electrons. The molecule has 0 aromatic heterocycles. The maximum atomic E-state index is 12.9. The molecule has 1 aromatic carbocycles. The summed E-state index contributed by atoms with van der Waals surface area (Å²) in [6.07, 6.45) is 1.88. The molecule has 1 aliphatic carbocycles. The van der Waals surface area contributed by atoms with Crippen molar-refractivity contribution in [2.75, 3.05) is 5.88 Å². The minimum atomic E-state index is -1.26. The molecule has 2 aliphatic rings. The van der Waals surface area contributed by atoms with E-state index in [0.717, 1.165) is 4.90 Å². The Kier molecular flexibility index (Phi) is 9.27. The van der Waals surface area contributed by atoms with E-state index in [0.29, 0.717) is 37.7 Å². The molecule has 2 amide bonds. The number of alkyl halides is 2. The molecule has 1 saturated carbocycles. The van der Waals surface area contributed by atoms with Gasteiger partial charge in [-0.05, 0) is 49.0 Å². The highest BCUT2D eigenvalue weighted by atomic mass is 35.5. The first-order valence-corrected chi connectivity index (χ1v) is 12.1. The summed E-state index contributed by atoms with van der Waals surface area (Å²) in [6.45, 7) is 3.95. The van der Waals surface area contributed by atoms with Crippen LogP contribution in [0.5, 0.6) is 0 Å². The maximum Gasteiger partial charge on any atom is 0.333 e. The highest BCUT2D eigenvalue weighted by molar-refractivity contribution is 6.27. The quantitative estimate of drug-likeness (QED) is 0.0656. The van der Waals surface area contributed by atoms with Crippen LogP contribution in [0.4, 0.5) is 5.69 Å². The standard InChI is InChI=1S/C23H25Cl2N3O8/c1-13(10-24)19(23(32)35-11-14-2-6-16(7-3-14)28(33)34)27-20(25)18(22(27)31)26-21(30)15-4-8-17(9-5-15)36-12-29/h2-3,6-7,12,15,17-20H,1,4-5,8-11H2,(H,26,30). The van der Waals surface area contributed by atoms with Crippen LogP contribution in [0.2, 0.25) is 0 Å². The van der Waals surface area contributed by atoms with Crippen molar-refractivity contribution in [1.29, 1.82) is 0 Å². The van der Waals surface area contributed by atoms with Gasteiger partial charge in [0, 0.05) is 23.9 Å². The fourth-order valence-electron chi connectivity index (χ4n) is 4.19. The molecule has 0 radical (unpaired) electrons. The van der Waals surface area contributed by atoms with Gasteiger partial charge in [0.15, 0.2) is 6.04 Å². The van der Waals surface area contributed by atoms with E-state index >= 15 is 0 Å². The molecule has 11 nitrogen and oxygen atoms in total. The van der Waals surface area contributed by atoms with Crippen molar-refractivity contribution in [2.24, 2.45) is 5.92 Å². The van der Waals surface area contributed by atoms with Gasteiger partial charge in [0.25, 0.3) is 18.1 Å². The molecule has 1 aliphatic heterocycles. The lowest BCUT2D eigenvalue weighted by Gasteiger charge is -2.47. The van der Waals surface area contributed by atoms with Gasteiger partial charge in [-0.15, -0.1) is 11.6 Å². The maximum absolute atomic E-state index is 12.9. The molecule has 1 aromatic rings. The molecule has 13 heteroatoms. The third-order valence-corrected chi connectivity index (χ3v) is 7.05. The number of non-ortho nitro benzene ring substituents is 1. The van der Waals surface area contributed by atoms with E-state index in [4.69, 9.17) is 32.7 Å². The number of carbonyl (C=O) groups excluding carboxylic acids is 4. The molecule has 36 heavy (non-hydrogen) atoms. The van der Waals surface area contributed by atoms with E-state index in [1.807, 2.05) is 0 Å². The highest BCUT2D eigenvalue weighted by Gasteiger charge is 2.53. The molecule has 3 unspecified atom stereocenters. The monoisotopic (exact) mass is 541 g/mol. The fraction of sp³-hybridized carbons (Fsp3) is 0.478. The fourth-order valence-corrected chi connectivity index (χ4v) is 4.71. The van der Waals surface area contributed by atoms with Gasteiger partial charge in [0.2, 0.25) is 5.91 Å². The normalized spacial score (nSPS) is 24.2. The number of benzene rings is 1. The third-order valence-electron chi connectivity index (χ3n) is 6.24. The summed E-state index contributed by atoms with van der Waals surface area (Å²) in [5.74, 6) is -2.23. The Morgan fingerprint density at radius 2 is 1.89 bits per heavy atom. The number of nitrogens with one attached hydrogen (secondary N) is 1. The number of hydrogen-bond acceptors (Lipinski definition) is 8. The number of nitro benzene ring substituents is 1. The van der Waals surface area contributed by atoms with Crippen molar-refractivity contribution < 1.29 is 33.6 Å². The predicted molar refractivity (Wildman–Crippen MR) is 128 cm³/mol. The van der Waals surface area contributed by atoms with Gasteiger partial charge >= 0.3 is 5.97 Å². The van der Waals surface area contributed by atoms with E-state index in [1.54, 1.807) is 0 Å². The SMILES string of the molecule is C=C(CCl)C(C(=O)OCc1ccc([N+](=O)[O-])cc1)N1C(=O)C(NC(=O)C2CCC(OC=O)CC2)C1Cl. The molecular formula is C23H25Cl2N3O8. The Labute approximate surface area is 216 Å². The Morgan fingerprint density at radius 1 is 1.25 bits per heavy atom. The average molecular weight is 542 g/mol. The van der Waals surface area contributed by atoms with E-state index < -0.39 is 34.4 Å². The molecule has 1 heterocycles. The number of nitro groups is 1. The van der Waals surface area contributed by atoms with Crippen LogP contribution < -0.4 is 5.32 Å². The summed E-state index contributed by atoms with van der Waals surface area (Å²) in [5.41, 5.74) is -0.458. The van der Waals surface area contributed by atoms with Crippen LogP contribution in [0.25, 0.3) is 0 Å². The molecule has 1 saturated heterocycles. The summed E-state index contributed by atoms with van der Waals surface area (Å²) in [7, 11) is 0. The van der Waals surface area contributed by atoms with E-state index in [1.165, 1.54) is 24.3 Å². The van der Waals surface area contributed by atoms with Crippen molar-refractivity contribution >= 4 is 53.1 Å². The molecule has 0 bridgehead atoms. The van der Waals surface area contributed by atoms with Crippen LogP contribution in [0.1, 0.15) is 31.2 Å². The summed E-state index contributed by atoms with van der Waals surface area (Å²) in [4.78, 5) is 60.2. The summed E-state index contributed by atoms with van der Waals surface area (Å²) in [6, 6.07) is 3.15. The number of rotatable bonds is 11. The minimum Gasteiger partial charge on any atom is -0.465 e. The number of carbonyl (C=O) groups is 4. The first kappa shape index (κ1) is 27.4. The van der Waals surface area contributed by atoms with Gasteiger partial charge in [-0.25, -0.2) is 4.79 Å². The first-order chi connectivity index (χ1) is 17.2. The van der Waals surface area contributed by atoms with Crippen molar-refractivity contribution in [1.82, 2.24) is 10.2 Å². The van der Waals surface area contributed by atoms with E-state index in [-0.39, 0.29) is 41.7 Å². The van der Waals surface area contributed by atoms with Gasteiger partial charge in [-0.2, -0.15) is 0 Å². The highest BCUT2D eigenvalue weighted by Crippen LogP contribution is 2.32. The van der Waals surface area contributed by atoms with Crippen molar-refractivity contribution in [3.8, 4) is 0 Å². The second kappa shape index (κ2) is 12.2. The molecule has 2 fully saturated rings. The number of β-lactam (4-membered cyclic amide) rings is 1. The number of nitrogens with zero attached hydrogens (tertiary/aromatic N) is 2. The van der Waals surface area contributed by atoms with Gasteiger partial charge in [-0.1, -0.05) is 18.2 Å². The lowest BCUT2D eigenvalue weighted by atomic mass is 9.86.